The van der Waals surface area contributed by atoms with E-state index in [1.54, 1.807) is 12.1 Å². The third-order valence-electron chi connectivity index (χ3n) is 2.78. The van der Waals surface area contributed by atoms with Gasteiger partial charge in [0.05, 0.1) is 10.7 Å². The molecule has 5 nitrogen and oxygen atoms in total. The van der Waals surface area contributed by atoms with Crippen molar-refractivity contribution in [3.8, 4) is 6.07 Å². The molecule has 0 aliphatic rings. The second-order valence-corrected chi connectivity index (χ2v) is 4.78. The Morgan fingerprint density at radius 1 is 1.18 bits per heavy atom. The number of nitrogen functional groups attached to an aromatic ring is 1. The number of para-hydroxylation sites is 1. The summed E-state index contributed by atoms with van der Waals surface area (Å²) in [5.74, 6) is -0.535. The van der Waals surface area contributed by atoms with Gasteiger partial charge in [0, 0.05) is 17.6 Å². The first-order valence-corrected chi connectivity index (χ1v) is 6.76. The molecule has 0 unspecified atom stereocenters. The lowest BCUT2D eigenvalue weighted by Crippen LogP contribution is -2.14. The number of nitrogens with two attached hydrogens (primary N) is 1. The van der Waals surface area contributed by atoms with Crippen LogP contribution in [-0.2, 0) is 4.79 Å². The zero-order valence-electron chi connectivity index (χ0n) is 11.5. The number of carbonyl (C=O) groups is 1. The van der Waals surface area contributed by atoms with Crippen molar-refractivity contribution in [3.05, 3.63) is 65.3 Å². The maximum Gasteiger partial charge on any atom is 0.267 e. The van der Waals surface area contributed by atoms with E-state index in [0.717, 1.165) is 5.69 Å². The number of carbonyl (C=O) groups excluding carboxylic acids is 1. The van der Waals surface area contributed by atoms with E-state index in [-0.39, 0.29) is 5.57 Å². The quantitative estimate of drug-likeness (QED) is 0.458. The zero-order valence-corrected chi connectivity index (χ0v) is 12.3. The number of amides is 1. The molecule has 6 heteroatoms. The van der Waals surface area contributed by atoms with Gasteiger partial charge in [0.15, 0.2) is 0 Å². The molecule has 110 valence electrons. The predicted octanol–water partition coefficient (Wildman–Crippen LogP) is 3.38. The van der Waals surface area contributed by atoms with Gasteiger partial charge in [-0.2, -0.15) is 5.26 Å². The highest BCUT2D eigenvalue weighted by atomic mass is 35.5. The molecule has 2 aromatic carbocycles. The van der Waals surface area contributed by atoms with Gasteiger partial charge < -0.3 is 16.4 Å². The van der Waals surface area contributed by atoms with E-state index in [2.05, 4.69) is 10.6 Å². The molecule has 0 aliphatic carbocycles. The van der Waals surface area contributed by atoms with Gasteiger partial charge in [-0.3, -0.25) is 4.79 Å². The maximum atomic E-state index is 12.0. The molecule has 1 amide bonds. The van der Waals surface area contributed by atoms with Gasteiger partial charge in [0.2, 0.25) is 0 Å². The molecule has 0 fully saturated rings. The molecule has 0 saturated heterocycles. The fourth-order valence-corrected chi connectivity index (χ4v) is 1.82. The Morgan fingerprint density at radius 3 is 2.55 bits per heavy atom. The van der Waals surface area contributed by atoms with Crippen molar-refractivity contribution >= 4 is 34.6 Å². The number of anilines is 3. The summed E-state index contributed by atoms with van der Waals surface area (Å²) in [6.45, 7) is 0. The summed E-state index contributed by atoms with van der Waals surface area (Å²) in [5.41, 5.74) is 7.20. The predicted molar refractivity (Wildman–Crippen MR) is 88.3 cm³/mol. The van der Waals surface area contributed by atoms with Crippen LogP contribution < -0.4 is 16.4 Å². The molecule has 4 N–H and O–H groups in total. The van der Waals surface area contributed by atoms with E-state index >= 15 is 0 Å². The second-order valence-electron chi connectivity index (χ2n) is 4.37. The molecule has 2 aromatic rings. The Labute approximate surface area is 133 Å². The van der Waals surface area contributed by atoms with E-state index in [1.807, 2.05) is 36.4 Å². The Bertz CT molecular complexity index is 750. The first-order valence-electron chi connectivity index (χ1n) is 6.38. The van der Waals surface area contributed by atoms with Crippen LogP contribution in [-0.4, -0.2) is 5.91 Å². The van der Waals surface area contributed by atoms with Crippen LogP contribution in [0.25, 0.3) is 0 Å². The van der Waals surface area contributed by atoms with Gasteiger partial charge in [-0.15, -0.1) is 0 Å². The van der Waals surface area contributed by atoms with Crippen molar-refractivity contribution in [2.45, 2.75) is 0 Å². The van der Waals surface area contributed by atoms with E-state index in [4.69, 9.17) is 22.6 Å². The molecular formula is C16H13ClN4O. The van der Waals surface area contributed by atoms with Gasteiger partial charge in [-0.05, 0) is 30.3 Å². The average Bonchev–Trinajstić information content (AvgIpc) is 2.52. The van der Waals surface area contributed by atoms with Gasteiger partial charge in [-0.25, -0.2) is 0 Å². The number of halogens is 1. The minimum Gasteiger partial charge on any atom is -0.398 e. The minimum absolute atomic E-state index is 0.0585. The summed E-state index contributed by atoms with van der Waals surface area (Å²) in [5, 5.41) is 14.9. The number of nitrogens with one attached hydrogen (secondary N) is 2. The molecule has 22 heavy (non-hydrogen) atoms. The topological polar surface area (TPSA) is 90.9 Å². The van der Waals surface area contributed by atoms with Crippen LogP contribution in [0.3, 0.4) is 0 Å². The SMILES string of the molecule is N#C/C(=C/Nc1ccccc1)C(=O)Nc1ccc(N)c(Cl)c1. The van der Waals surface area contributed by atoms with Gasteiger partial charge in [0.1, 0.15) is 11.6 Å². The van der Waals surface area contributed by atoms with E-state index < -0.39 is 5.91 Å². The first kappa shape index (κ1) is 15.4. The van der Waals surface area contributed by atoms with Gasteiger partial charge >= 0.3 is 0 Å². The standard InChI is InChI=1S/C16H13ClN4O/c17-14-8-13(6-7-15(14)19)21-16(22)11(9-18)10-20-12-4-2-1-3-5-12/h1-8,10,20H,19H2,(H,21,22)/b11-10-. The van der Waals surface area contributed by atoms with E-state index in [1.165, 1.54) is 12.3 Å². The highest BCUT2D eigenvalue weighted by Crippen LogP contribution is 2.22. The fourth-order valence-electron chi connectivity index (χ4n) is 1.64. The minimum atomic E-state index is -0.535. The van der Waals surface area contributed by atoms with Crippen molar-refractivity contribution in [2.24, 2.45) is 0 Å². The van der Waals surface area contributed by atoms with Crippen molar-refractivity contribution in [3.63, 3.8) is 0 Å². The molecule has 0 bridgehead atoms. The largest absolute Gasteiger partial charge is 0.398 e. The second kappa shape index (κ2) is 7.16. The molecular weight excluding hydrogens is 300 g/mol. The van der Waals surface area contributed by atoms with E-state index in [9.17, 15) is 4.79 Å². The Morgan fingerprint density at radius 2 is 1.91 bits per heavy atom. The molecule has 0 spiro atoms. The summed E-state index contributed by atoms with van der Waals surface area (Å²) >= 11 is 5.88. The molecule has 2 rings (SSSR count). The Balaban J connectivity index is 2.08. The monoisotopic (exact) mass is 312 g/mol. The number of nitrogens with zero attached hydrogens (tertiary/aromatic N) is 1. The van der Waals surface area contributed by atoms with E-state index in [0.29, 0.717) is 16.4 Å². The highest BCUT2D eigenvalue weighted by Gasteiger charge is 2.10. The van der Waals surface area contributed by atoms with Crippen LogP contribution in [0.5, 0.6) is 0 Å². The summed E-state index contributed by atoms with van der Waals surface area (Å²) in [7, 11) is 0. The molecule has 0 saturated carbocycles. The summed E-state index contributed by atoms with van der Waals surface area (Å²) < 4.78 is 0. The molecule has 0 aromatic heterocycles. The summed E-state index contributed by atoms with van der Waals surface area (Å²) in [6.07, 6.45) is 1.35. The van der Waals surface area contributed by atoms with Crippen molar-refractivity contribution in [1.82, 2.24) is 0 Å². The van der Waals surface area contributed by atoms with Crippen molar-refractivity contribution in [1.29, 1.82) is 5.26 Å². The third kappa shape index (κ3) is 4.01. The van der Waals surface area contributed by atoms with Crippen molar-refractivity contribution in [2.75, 3.05) is 16.4 Å². The highest BCUT2D eigenvalue weighted by molar-refractivity contribution is 6.33. The maximum absolute atomic E-state index is 12.0. The smallest absolute Gasteiger partial charge is 0.267 e. The van der Waals surface area contributed by atoms with Gasteiger partial charge in [-0.1, -0.05) is 29.8 Å². The van der Waals surface area contributed by atoms with Crippen LogP contribution in [0.1, 0.15) is 0 Å². The number of benzene rings is 2. The van der Waals surface area contributed by atoms with Crippen LogP contribution in [0.4, 0.5) is 17.1 Å². The lowest BCUT2D eigenvalue weighted by Gasteiger charge is -2.06. The fraction of sp³-hybridized carbons (Fsp3) is 0. The molecule has 0 aliphatic heterocycles. The van der Waals surface area contributed by atoms with Crippen LogP contribution in [0.2, 0.25) is 5.02 Å². The van der Waals surface area contributed by atoms with Crippen LogP contribution in [0.15, 0.2) is 60.3 Å². The lowest BCUT2D eigenvalue weighted by molar-refractivity contribution is -0.112. The third-order valence-corrected chi connectivity index (χ3v) is 3.11. The number of nitriles is 1. The number of hydrogen-bond donors (Lipinski definition) is 3. The summed E-state index contributed by atoms with van der Waals surface area (Å²) in [6, 6.07) is 15.8. The normalized spacial score (nSPS) is 10.6. The first-order chi connectivity index (χ1) is 10.6. The van der Waals surface area contributed by atoms with Crippen LogP contribution in [0, 0.1) is 11.3 Å². The molecule has 0 heterocycles. The molecule has 0 atom stereocenters. The van der Waals surface area contributed by atoms with Gasteiger partial charge in [0.25, 0.3) is 5.91 Å². The zero-order chi connectivity index (χ0) is 15.9. The Kier molecular flexibility index (Phi) is 5.02. The summed E-state index contributed by atoms with van der Waals surface area (Å²) in [4.78, 5) is 12.0. The lowest BCUT2D eigenvalue weighted by atomic mass is 10.2. The van der Waals surface area contributed by atoms with Crippen molar-refractivity contribution < 1.29 is 4.79 Å². The number of rotatable bonds is 4. The Hall–Kier alpha value is -2.97. The number of hydrogen-bond acceptors (Lipinski definition) is 4. The molecule has 0 radical (unpaired) electrons. The average molecular weight is 313 g/mol. The van der Waals surface area contributed by atoms with Crippen LogP contribution >= 0.6 is 11.6 Å².